The Hall–Kier alpha value is -1.18. The number of esters is 1. The molecule has 0 fully saturated rings. The number of hydrogen-bond acceptors (Lipinski definition) is 6. The molecule has 7 nitrogen and oxygen atoms in total. The van der Waals surface area contributed by atoms with E-state index in [9.17, 15) is 9.59 Å². The summed E-state index contributed by atoms with van der Waals surface area (Å²) >= 11 is 0. The molecular weight excluding hydrogens is 196 g/mol. The zero-order chi connectivity index (χ0) is 11.2. The number of rotatable bonds is 6. The van der Waals surface area contributed by atoms with Crippen LogP contribution in [-0.2, 0) is 14.3 Å². The first-order valence-corrected chi connectivity index (χ1v) is 3.85. The quantitative estimate of drug-likeness (QED) is 0.306. The Morgan fingerprint density at radius 1 is 1.29 bits per heavy atom. The highest BCUT2D eigenvalue weighted by Crippen LogP contribution is 2.12. The summed E-state index contributed by atoms with van der Waals surface area (Å²) in [5.74, 6) is -5.24. The molecule has 0 bridgehead atoms. The summed E-state index contributed by atoms with van der Waals surface area (Å²) in [6.45, 7) is -0.958. The molecule has 0 spiro atoms. The SMILES string of the molecule is O=C(O)CCCC(O)(O)C(=O)OCO. The Balaban J connectivity index is 3.93. The minimum Gasteiger partial charge on any atom is -0.481 e. The van der Waals surface area contributed by atoms with Crippen LogP contribution < -0.4 is 0 Å². The van der Waals surface area contributed by atoms with E-state index in [4.69, 9.17) is 20.4 Å². The van der Waals surface area contributed by atoms with Crippen LogP contribution in [0, 0.1) is 0 Å². The molecule has 4 N–H and O–H groups in total. The van der Waals surface area contributed by atoms with E-state index >= 15 is 0 Å². The molecule has 0 aliphatic carbocycles. The average molecular weight is 208 g/mol. The number of aliphatic hydroxyl groups excluding tert-OH is 1. The van der Waals surface area contributed by atoms with Gasteiger partial charge in [0.05, 0.1) is 0 Å². The smallest absolute Gasteiger partial charge is 0.368 e. The van der Waals surface area contributed by atoms with E-state index in [2.05, 4.69) is 4.74 Å². The first kappa shape index (κ1) is 12.8. The Kier molecular flexibility index (Phi) is 5.06. The Bertz CT molecular complexity index is 210. The molecule has 0 aliphatic heterocycles. The van der Waals surface area contributed by atoms with Crippen LogP contribution in [0.3, 0.4) is 0 Å². The number of aliphatic carboxylic acids is 1. The highest BCUT2D eigenvalue weighted by Gasteiger charge is 2.34. The third kappa shape index (κ3) is 4.75. The van der Waals surface area contributed by atoms with Crippen LogP contribution in [0.5, 0.6) is 0 Å². The van der Waals surface area contributed by atoms with E-state index in [0.29, 0.717) is 0 Å². The summed E-state index contributed by atoms with van der Waals surface area (Å²) in [6, 6.07) is 0. The van der Waals surface area contributed by atoms with Gasteiger partial charge in [0.15, 0.2) is 6.79 Å². The van der Waals surface area contributed by atoms with Crippen molar-refractivity contribution in [2.24, 2.45) is 0 Å². The van der Waals surface area contributed by atoms with Gasteiger partial charge in [0.2, 0.25) is 0 Å². The van der Waals surface area contributed by atoms with Gasteiger partial charge in [0.1, 0.15) is 0 Å². The molecule has 0 radical (unpaired) electrons. The number of carbonyl (C=O) groups is 2. The Labute approximate surface area is 79.5 Å². The van der Waals surface area contributed by atoms with Crippen molar-refractivity contribution in [3.63, 3.8) is 0 Å². The normalized spacial score (nSPS) is 11.1. The van der Waals surface area contributed by atoms with Gasteiger partial charge in [-0.2, -0.15) is 0 Å². The van der Waals surface area contributed by atoms with Gasteiger partial charge in [-0.05, 0) is 6.42 Å². The molecule has 0 atom stereocenters. The van der Waals surface area contributed by atoms with Crippen LogP contribution in [0.2, 0.25) is 0 Å². The second kappa shape index (κ2) is 5.53. The number of hydrogen-bond donors (Lipinski definition) is 4. The molecule has 0 aromatic rings. The molecule has 0 aromatic carbocycles. The molecular formula is C7H12O7. The van der Waals surface area contributed by atoms with Crippen molar-refractivity contribution in [3.8, 4) is 0 Å². The number of carbonyl (C=O) groups excluding carboxylic acids is 1. The molecule has 0 saturated carbocycles. The maximum absolute atomic E-state index is 10.7. The number of ether oxygens (including phenoxy) is 1. The highest BCUT2D eigenvalue weighted by atomic mass is 16.6. The number of carboxylic acid groups (broad SMARTS) is 1. The van der Waals surface area contributed by atoms with Crippen molar-refractivity contribution >= 4 is 11.9 Å². The van der Waals surface area contributed by atoms with Gasteiger partial charge in [-0.1, -0.05) is 0 Å². The molecule has 0 amide bonds. The predicted molar refractivity (Wildman–Crippen MR) is 41.8 cm³/mol. The first-order valence-electron chi connectivity index (χ1n) is 3.85. The molecule has 0 unspecified atom stereocenters. The topological polar surface area (TPSA) is 124 Å². The van der Waals surface area contributed by atoms with Crippen LogP contribution in [-0.4, -0.2) is 44.9 Å². The molecule has 14 heavy (non-hydrogen) atoms. The van der Waals surface area contributed by atoms with Crippen LogP contribution >= 0.6 is 0 Å². The number of aliphatic hydroxyl groups is 3. The van der Waals surface area contributed by atoms with Crippen LogP contribution in [0.25, 0.3) is 0 Å². The fourth-order valence-corrected chi connectivity index (χ4v) is 0.762. The fourth-order valence-electron chi connectivity index (χ4n) is 0.762. The van der Waals surface area contributed by atoms with Crippen LogP contribution in [0.4, 0.5) is 0 Å². The molecule has 0 rings (SSSR count). The zero-order valence-electron chi connectivity index (χ0n) is 7.34. The second-order valence-corrected chi connectivity index (χ2v) is 2.62. The van der Waals surface area contributed by atoms with Gasteiger partial charge >= 0.3 is 11.9 Å². The lowest BCUT2D eigenvalue weighted by Gasteiger charge is -2.18. The third-order valence-corrected chi connectivity index (χ3v) is 1.44. The lowest BCUT2D eigenvalue weighted by atomic mass is 10.1. The summed E-state index contributed by atoms with van der Waals surface area (Å²) in [7, 11) is 0. The van der Waals surface area contributed by atoms with Crippen molar-refractivity contribution in [1.82, 2.24) is 0 Å². The monoisotopic (exact) mass is 208 g/mol. The molecule has 0 aromatic heterocycles. The predicted octanol–water partition coefficient (Wildman–Crippen LogP) is -1.58. The van der Waals surface area contributed by atoms with Crippen molar-refractivity contribution in [1.29, 1.82) is 0 Å². The summed E-state index contributed by atoms with van der Waals surface area (Å²) in [4.78, 5) is 20.8. The lowest BCUT2D eigenvalue weighted by Crippen LogP contribution is -2.40. The average Bonchev–Trinajstić information content (AvgIpc) is 2.03. The van der Waals surface area contributed by atoms with E-state index in [1.54, 1.807) is 0 Å². The summed E-state index contributed by atoms with van der Waals surface area (Å²) < 4.78 is 3.93. The summed E-state index contributed by atoms with van der Waals surface area (Å²) in [6.07, 6.45) is -0.823. The number of carboxylic acids is 1. The van der Waals surface area contributed by atoms with Crippen LogP contribution in [0.1, 0.15) is 19.3 Å². The van der Waals surface area contributed by atoms with E-state index in [0.717, 1.165) is 0 Å². The van der Waals surface area contributed by atoms with Gasteiger partial charge in [0, 0.05) is 12.8 Å². The fraction of sp³-hybridized carbons (Fsp3) is 0.714. The zero-order valence-corrected chi connectivity index (χ0v) is 7.34. The summed E-state index contributed by atoms with van der Waals surface area (Å²) in [5, 5.41) is 34.4. The van der Waals surface area contributed by atoms with Gasteiger partial charge in [-0.25, -0.2) is 4.79 Å². The standard InChI is InChI=1S/C7H12O7/c8-4-14-6(11)7(12,13)3-1-2-5(9)10/h8,12-13H,1-4H2,(H,9,10). The molecule has 7 heteroatoms. The third-order valence-electron chi connectivity index (χ3n) is 1.44. The van der Waals surface area contributed by atoms with Crippen molar-refractivity contribution in [2.75, 3.05) is 6.79 Å². The maximum Gasteiger partial charge on any atom is 0.368 e. The lowest BCUT2D eigenvalue weighted by molar-refractivity contribution is -0.218. The molecule has 0 saturated heterocycles. The van der Waals surface area contributed by atoms with Crippen molar-refractivity contribution in [2.45, 2.75) is 25.0 Å². The highest BCUT2D eigenvalue weighted by molar-refractivity contribution is 5.77. The van der Waals surface area contributed by atoms with Crippen molar-refractivity contribution < 1.29 is 34.8 Å². The van der Waals surface area contributed by atoms with E-state index in [-0.39, 0.29) is 12.8 Å². The minimum atomic E-state index is -2.74. The Morgan fingerprint density at radius 2 is 1.86 bits per heavy atom. The molecule has 82 valence electrons. The molecule has 0 aliphatic rings. The van der Waals surface area contributed by atoms with Crippen LogP contribution in [0.15, 0.2) is 0 Å². The van der Waals surface area contributed by atoms with E-state index in [1.165, 1.54) is 0 Å². The largest absolute Gasteiger partial charge is 0.481 e. The van der Waals surface area contributed by atoms with E-state index in [1.807, 2.05) is 0 Å². The first-order chi connectivity index (χ1) is 6.40. The maximum atomic E-state index is 10.7. The Morgan fingerprint density at radius 3 is 2.29 bits per heavy atom. The van der Waals surface area contributed by atoms with Gasteiger partial charge < -0.3 is 25.2 Å². The van der Waals surface area contributed by atoms with Gasteiger partial charge in [-0.15, -0.1) is 0 Å². The molecule has 0 heterocycles. The second-order valence-electron chi connectivity index (χ2n) is 2.62. The van der Waals surface area contributed by atoms with Crippen molar-refractivity contribution in [3.05, 3.63) is 0 Å². The van der Waals surface area contributed by atoms with Gasteiger partial charge in [-0.3, -0.25) is 4.79 Å². The van der Waals surface area contributed by atoms with Gasteiger partial charge in [0.25, 0.3) is 5.79 Å². The summed E-state index contributed by atoms with van der Waals surface area (Å²) in [5.41, 5.74) is 0. The minimum absolute atomic E-state index is 0.0805. The van der Waals surface area contributed by atoms with E-state index < -0.39 is 30.9 Å².